The number of ether oxygens (including phenoxy) is 1. The highest BCUT2D eigenvalue weighted by atomic mass is 16.5. The molecule has 0 heterocycles. The Bertz CT molecular complexity index is 671. The van der Waals surface area contributed by atoms with Crippen LogP contribution in [0.1, 0.15) is 36.0 Å². The summed E-state index contributed by atoms with van der Waals surface area (Å²) in [7, 11) is 0. The third-order valence-electron chi connectivity index (χ3n) is 3.89. The third kappa shape index (κ3) is 2.75. The molecular formula is C19H18O2. The highest BCUT2D eigenvalue weighted by Gasteiger charge is 2.27. The Balaban J connectivity index is 1.99. The van der Waals surface area contributed by atoms with Crippen molar-refractivity contribution in [3.8, 4) is 0 Å². The van der Waals surface area contributed by atoms with Gasteiger partial charge in [-0.25, -0.2) is 4.79 Å². The van der Waals surface area contributed by atoms with Crippen molar-refractivity contribution in [1.82, 2.24) is 0 Å². The fourth-order valence-corrected chi connectivity index (χ4v) is 2.98. The van der Waals surface area contributed by atoms with E-state index in [0.717, 1.165) is 12.0 Å². The second-order valence-corrected chi connectivity index (χ2v) is 5.18. The van der Waals surface area contributed by atoms with Crippen molar-refractivity contribution in [3.05, 3.63) is 77.4 Å². The Hall–Kier alpha value is -2.35. The predicted octanol–water partition coefficient (Wildman–Crippen LogP) is 4.17. The van der Waals surface area contributed by atoms with E-state index in [9.17, 15) is 4.79 Å². The van der Waals surface area contributed by atoms with Crippen LogP contribution in [0, 0.1) is 0 Å². The monoisotopic (exact) mass is 278 g/mol. The van der Waals surface area contributed by atoms with Crippen molar-refractivity contribution in [2.45, 2.75) is 19.3 Å². The number of esters is 1. The zero-order chi connectivity index (χ0) is 14.7. The zero-order valence-corrected chi connectivity index (χ0v) is 12.1. The number of carbonyl (C=O) groups excluding carboxylic acids is 1. The van der Waals surface area contributed by atoms with E-state index in [4.69, 9.17) is 4.74 Å². The van der Waals surface area contributed by atoms with Gasteiger partial charge in [0.05, 0.1) is 6.61 Å². The predicted molar refractivity (Wildman–Crippen MR) is 84.0 cm³/mol. The van der Waals surface area contributed by atoms with Crippen LogP contribution in [0.2, 0.25) is 0 Å². The normalized spacial score (nSPS) is 18.5. The van der Waals surface area contributed by atoms with Crippen molar-refractivity contribution in [2.75, 3.05) is 6.61 Å². The quantitative estimate of drug-likeness (QED) is 0.622. The number of benzene rings is 2. The maximum Gasteiger partial charge on any atom is 0.331 e. The van der Waals surface area contributed by atoms with Crippen LogP contribution in [-0.4, -0.2) is 12.6 Å². The highest BCUT2D eigenvalue weighted by molar-refractivity contribution is 5.93. The van der Waals surface area contributed by atoms with E-state index in [1.165, 1.54) is 16.7 Å². The van der Waals surface area contributed by atoms with Crippen molar-refractivity contribution in [3.63, 3.8) is 0 Å². The molecule has 0 unspecified atom stereocenters. The smallest absolute Gasteiger partial charge is 0.331 e. The summed E-state index contributed by atoms with van der Waals surface area (Å²) in [6.07, 6.45) is 2.49. The van der Waals surface area contributed by atoms with E-state index in [1.54, 1.807) is 6.08 Å². The Morgan fingerprint density at radius 2 is 1.86 bits per heavy atom. The summed E-state index contributed by atoms with van der Waals surface area (Å²) in [4.78, 5) is 11.8. The molecule has 0 fully saturated rings. The van der Waals surface area contributed by atoms with Crippen molar-refractivity contribution >= 4 is 11.5 Å². The summed E-state index contributed by atoms with van der Waals surface area (Å²) in [5.41, 5.74) is 4.81. The molecule has 1 aliphatic carbocycles. The van der Waals surface area contributed by atoms with Crippen LogP contribution in [0.5, 0.6) is 0 Å². The van der Waals surface area contributed by atoms with Gasteiger partial charge in [-0.3, -0.25) is 0 Å². The molecule has 2 nitrogen and oxygen atoms in total. The first-order valence-corrected chi connectivity index (χ1v) is 7.31. The van der Waals surface area contributed by atoms with Gasteiger partial charge in [0.2, 0.25) is 0 Å². The standard InChI is InChI=1S/C19H18O2/c1-2-21-19(20)13-15-12-18(14-8-4-3-5-9-14)17-11-7-6-10-16(15)17/h3-11,13,18H,2,12H2,1H3/b15-13+/t18-/m1/s1. The van der Waals surface area contributed by atoms with Crippen LogP contribution >= 0.6 is 0 Å². The lowest BCUT2D eigenvalue weighted by Gasteiger charge is -2.11. The molecule has 2 aromatic rings. The van der Waals surface area contributed by atoms with E-state index in [1.807, 2.05) is 19.1 Å². The third-order valence-corrected chi connectivity index (χ3v) is 3.89. The molecule has 1 aliphatic rings. The van der Waals surface area contributed by atoms with E-state index >= 15 is 0 Å². The van der Waals surface area contributed by atoms with Crippen molar-refractivity contribution < 1.29 is 9.53 Å². The summed E-state index contributed by atoms with van der Waals surface area (Å²) >= 11 is 0. The molecule has 0 aliphatic heterocycles. The van der Waals surface area contributed by atoms with Gasteiger partial charge in [0, 0.05) is 12.0 Å². The Labute approximate surface area is 125 Å². The van der Waals surface area contributed by atoms with Gasteiger partial charge in [0.1, 0.15) is 0 Å². The highest BCUT2D eigenvalue weighted by Crippen LogP contribution is 2.44. The molecule has 0 N–H and O–H groups in total. The molecule has 0 aromatic heterocycles. The minimum atomic E-state index is -0.254. The first-order valence-electron chi connectivity index (χ1n) is 7.31. The molecular weight excluding hydrogens is 260 g/mol. The SMILES string of the molecule is CCOC(=O)/C=C1\C[C@H](c2ccccc2)c2ccccc21. The molecule has 0 amide bonds. The summed E-state index contributed by atoms with van der Waals surface area (Å²) in [5.74, 6) is 0.0686. The van der Waals surface area contributed by atoms with Gasteiger partial charge in [-0.2, -0.15) is 0 Å². The Morgan fingerprint density at radius 3 is 2.62 bits per heavy atom. The number of allylic oxidation sites excluding steroid dienone is 1. The van der Waals surface area contributed by atoms with Crippen LogP contribution in [0.25, 0.3) is 5.57 Å². The second kappa shape index (κ2) is 5.96. The van der Waals surface area contributed by atoms with E-state index in [0.29, 0.717) is 12.5 Å². The number of fused-ring (bicyclic) bond motifs is 1. The van der Waals surface area contributed by atoms with Gasteiger partial charge in [-0.1, -0.05) is 54.6 Å². The van der Waals surface area contributed by atoms with Crippen LogP contribution in [0.3, 0.4) is 0 Å². The van der Waals surface area contributed by atoms with Crippen LogP contribution in [0.4, 0.5) is 0 Å². The molecule has 0 saturated heterocycles. The second-order valence-electron chi connectivity index (χ2n) is 5.18. The van der Waals surface area contributed by atoms with E-state index in [-0.39, 0.29) is 5.97 Å². The number of carbonyl (C=O) groups is 1. The van der Waals surface area contributed by atoms with Crippen molar-refractivity contribution in [1.29, 1.82) is 0 Å². The fourth-order valence-electron chi connectivity index (χ4n) is 2.98. The van der Waals surface area contributed by atoms with Crippen LogP contribution in [-0.2, 0) is 9.53 Å². The molecule has 0 bridgehead atoms. The molecule has 0 saturated carbocycles. The van der Waals surface area contributed by atoms with Crippen LogP contribution < -0.4 is 0 Å². The van der Waals surface area contributed by atoms with Gasteiger partial charge in [0.25, 0.3) is 0 Å². The zero-order valence-electron chi connectivity index (χ0n) is 12.1. The lowest BCUT2D eigenvalue weighted by Crippen LogP contribution is -2.00. The molecule has 2 aromatic carbocycles. The lowest BCUT2D eigenvalue weighted by molar-refractivity contribution is -0.137. The fraction of sp³-hybridized carbons (Fsp3) is 0.211. The maximum atomic E-state index is 11.8. The summed E-state index contributed by atoms with van der Waals surface area (Å²) < 4.78 is 5.04. The molecule has 0 spiro atoms. The number of rotatable bonds is 3. The van der Waals surface area contributed by atoms with E-state index in [2.05, 4.69) is 42.5 Å². The average molecular weight is 278 g/mol. The summed E-state index contributed by atoms with van der Waals surface area (Å²) in [6, 6.07) is 18.8. The molecule has 21 heavy (non-hydrogen) atoms. The molecule has 3 rings (SSSR count). The molecule has 1 atom stereocenters. The Morgan fingerprint density at radius 1 is 1.14 bits per heavy atom. The molecule has 2 heteroatoms. The minimum Gasteiger partial charge on any atom is -0.463 e. The maximum absolute atomic E-state index is 11.8. The number of hydrogen-bond donors (Lipinski definition) is 0. The Kier molecular flexibility index (Phi) is 3.87. The molecule has 0 radical (unpaired) electrons. The minimum absolute atomic E-state index is 0.254. The lowest BCUT2D eigenvalue weighted by atomic mass is 9.93. The average Bonchev–Trinajstić information content (AvgIpc) is 2.87. The summed E-state index contributed by atoms with van der Waals surface area (Å²) in [6.45, 7) is 2.23. The van der Waals surface area contributed by atoms with Gasteiger partial charge in [-0.15, -0.1) is 0 Å². The largest absolute Gasteiger partial charge is 0.463 e. The van der Waals surface area contributed by atoms with Gasteiger partial charge < -0.3 is 4.74 Å². The van der Waals surface area contributed by atoms with Crippen LogP contribution in [0.15, 0.2) is 60.7 Å². The van der Waals surface area contributed by atoms with E-state index < -0.39 is 0 Å². The summed E-state index contributed by atoms with van der Waals surface area (Å²) in [5, 5.41) is 0. The van der Waals surface area contributed by atoms with Crippen molar-refractivity contribution in [2.24, 2.45) is 0 Å². The van der Waals surface area contributed by atoms with Gasteiger partial charge in [0.15, 0.2) is 0 Å². The number of hydrogen-bond acceptors (Lipinski definition) is 2. The molecule has 106 valence electrons. The van der Waals surface area contributed by atoms with Gasteiger partial charge >= 0.3 is 5.97 Å². The van der Waals surface area contributed by atoms with Gasteiger partial charge in [-0.05, 0) is 35.6 Å². The first-order chi connectivity index (χ1) is 10.3. The topological polar surface area (TPSA) is 26.3 Å². The first kappa shape index (κ1) is 13.6.